The Morgan fingerprint density at radius 2 is 0.613 bits per heavy atom. The van der Waals surface area contributed by atoms with Gasteiger partial charge in [-0.05, 0) is 32.1 Å². The summed E-state index contributed by atoms with van der Waals surface area (Å²) in [5.74, 6) is -0.0410. The van der Waals surface area contributed by atoms with Crippen LogP contribution in [0.2, 0.25) is 0 Å². The van der Waals surface area contributed by atoms with Gasteiger partial charge in [-0.15, -0.1) is 0 Å². The molecular weight excluding hydrogens is 923 g/mol. The zero-order valence-electron chi connectivity index (χ0n) is 51.1. The Balaban J connectivity index is 3.36. The number of allylic oxidation sites excluding steroid dienone is 1. The molecule has 446 valence electrons. The predicted octanol–water partition coefficient (Wildman–Crippen LogP) is 22.0. The maximum Gasteiger partial charge on any atom is 0.305 e. The van der Waals surface area contributed by atoms with Gasteiger partial charge in [-0.3, -0.25) is 9.59 Å². The van der Waals surface area contributed by atoms with Crippen molar-refractivity contribution in [3.63, 3.8) is 0 Å². The van der Waals surface area contributed by atoms with Gasteiger partial charge in [0, 0.05) is 12.8 Å². The largest absolute Gasteiger partial charge is 0.466 e. The van der Waals surface area contributed by atoms with Crippen LogP contribution >= 0.6 is 0 Å². The van der Waals surface area contributed by atoms with Gasteiger partial charge in [-0.1, -0.05) is 360 Å². The molecule has 0 aliphatic heterocycles. The van der Waals surface area contributed by atoms with Crippen molar-refractivity contribution in [2.45, 2.75) is 405 Å². The first-order valence-electron chi connectivity index (χ1n) is 34.5. The van der Waals surface area contributed by atoms with E-state index in [9.17, 15) is 19.8 Å². The smallest absolute Gasteiger partial charge is 0.305 e. The molecular formula is C69H135NO5. The van der Waals surface area contributed by atoms with Crippen LogP contribution in [0.4, 0.5) is 0 Å². The minimum atomic E-state index is -0.841. The van der Waals surface area contributed by atoms with E-state index in [1.165, 1.54) is 327 Å². The summed E-state index contributed by atoms with van der Waals surface area (Å²) >= 11 is 0. The van der Waals surface area contributed by atoms with Crippen molar-refractivity contribution in [2.24, 2.45) is 0 Å². The quantitative estimate of drug-likeness (QED) is 0.0320. The van der Waals surface area contributed by atoms with Gasteiger partial charge in [-0.25, -0.2) is 0 Å². The Morgan fingerprint density at radius 3 is 0.907 bits per heavy atom. The van der Waals surface area contributed by atoms with Crippen molar-refractivity contribution < 1.29 is 24.5 Å². The minimum absolute atomic E-state index is 0.0196. The number of hydrogen-bond donors (Lipinski definition) is 3. The summed E-state index contributed by atoms with van der Waals surface area (Å²) in [7, 11) is 0. The van der Waals surface area contributed by atoms with Gasteiger partial charge in [0.05, 0.1) is 25.4 Å². The molecule has 6 heteroatoms. The van der Waals surface area contributed by atoms with E-state index in [-0.39, 0.29) is 18.5 Å². The van der Waals surface area contributed by atoms with Gasteiger partial charge >= 0.3 is 5.97 Å². The van der Waals surface area contributed by atoms with Gasteiger partial charge in [0.15, 0.2) is 0 Å². The normalized spacial score (nSPS) is 12.5. The lowest BCUT2D eigenvalue weighted by atomic mass is 10.0. The van der Waals surface area contributed by atoms with Crippen molar-refractivity contribution in [3.8, 4) is 0 Å². The van der Waals surface area contributed by atoms with Crippen LogP contribution in [-0.2, 0) is 14.3 Å². The first kappa shape index (κ1) is 73.6. The molecule has 1 amide bonds. The molecule has 0 fully saturated rings. The van der Waals surface area contributed by atoms with Crippen molar-refractivity contribution in [3.05, 3.63) is 12.2 Å². The zero-order chi connectivity index (χ0) is 54.3. The number of carbonyl (C=O) groups excluding carboxylic acids is 2. The van der Waals surface area contributed by atoms with E-state index in [1.807, 2.05) is 6.08 Å². The van der Waals surface area contributed by atoms with Crippen LogP contribution in [-0.4, -0.2) is 47.4 Å². The monoisotopic (exact) mass is 1060 g/mol. The predicted molar refractivity (Wildman–Crippen MR) is 329 cm³/mol. The fraction of sp³-hybridized carbons (Fsp3) is 0.942. The molecule has 3 N–H and O–H groups in total. The van der Waals surface area contributed by atoms with E-state index in [1.54, 1.807) is 6.08 Å². The topological polar surface area (TPSA) is 95.9 Å². The molecule has 0 saturated heterocycles. The average Bonchev–Trinajstić information content (AvgIpc) is 3.41. The molecule has 75 heavy (non-hydrogen) atoms. The number of aliphatic hydroxyl groups is 2. The third kappa shape index (κ3) is 61.7. The molecule has 0 spiro atoms. The summed E-state index contributed by atoms with van der Waals surface area (Å²) in [6.07, 6.45) is 80.0. The third-order valence-electron chi connectivity index (χ3n) is 16.3. The summed E-state index contributed by atoms with van der Waals surface area (Å²) in [5.41, 5.74) is 0. The zero-order valence-corrected chi connectivity index (χ0v) is 51.1. The van der Waals surface area contributed by atoms with E-state index in [2.05, 4.69) is 19.2 Å². The highest BCUT2D eigenvalue weighted by atomic mass is 16.5. The molecule has 0 saturated carbocycles. The van der Waals surface area contributed by atoms with Crippen LogP contribution in [0.1, 0.15) is 393 Å². The number of esters is 1. The maximum atomic E-state index is 12.5. The second-order valence-electron chi connectivity index (χ2n) is 23.9. The van der Waals surface area contributed by atoms with Crippen LogP contribution in [0.25, 0.3) is 0 Å². The van der Waals surface area contributed by atoms with Crippen LogP contribution < -0.4 is 5.32 Å². The SMILES string of the molecule is CCCCCCCCCCCCCCCCCC/C=C/C(O)C(CO)NC(=O)CCCCCCCCCCCCCCCCCCCCCCCCCCCCCCCOC(=O)CCCCCCCCCCCCC. The van der Waals surface area contributed by atoms with E-state index in [0.29, 0.717) is 19.4 Å². The van der Waals surface area contributed by atoms with Gasteiger partial charge < -0.3 is 20.3 Å². The van der Waals surface area contributed by atoms with E-state index in [4.69, 9.17) is 4.74 Å². The minimum Gasteiger partial charge on any atom is -0.466 e. The number of rotatable bonds is 65. The van der Waals surface area contributed by atoms with Crippen LogP contribution in [0.3, 0.4) is 0 Å². The van der Waals surface area contributed by atoms with E-state index < -0.39 is 12.1 Å². The van der Waals surface area contributed by atoms with Gasteiger partial charge in [-0.2, -0.15) is 0 Å². The second kappa shape index (κ2) is 65.1. The third-order valence-corrected chi connectivity index (χ3v) is 16.3. The lowest BCUT2D eigenvalue weighted by Gasteiger charge is -2.20. The number of hydrogen-bond acceptors (Lipinski definition) is 5. The number of unbranched alkanes of at least 4 members (excludes halogenated alkanes) is 54. The van der Waals surface area contributed by atoms with Crippen molar-refractivity contribution >= 4 is 11.9 Å². The maximum absolute atomic E-state index is 12.5. The lowest BCUT2D eigenvalue weighted by Crippen LogP contribution is -2.45. The Hall–Kier alpha value is -1.40. The van der Waals surface area contributed by atoms with E-state index in [0.717, 1.165) is 38.5 Å². The van der Waals surface area contributed by atoms with Crippen molar-refractivity contribution in [1.82, 2.24) is 5.32 Å². The number of aliphatic hydroxyl groups excluding tert-OH is 2. The summed E-state index contributed by atoms with van der Waals surface area (Å²) < 4.78 is 5.48. The fourth-order valence-corrected chi connectivity index (χ4v) is 11.1. The Bertz CT molecular complexity index is 1130. The number of ether oxygens (including phenoxy) is 1. The highest BCUT2D eigenvalue weighted by Crippen LogP contribution is 2.19. The highest BCUT2D eigenvalue weighted by molar-refractivity contribution is 5.76. The summed E-state index contributed by atoms with van der Waals surface area (Å²) in [6, 6.07) is -0.625. The molecule has 0 aliphatic carbocycles. The summed E-state index contributed by atoms with van der Waals surface area (Å²) in [5, 5.41) is 23.2. The number of carbonyl (C=O) groups is 2. The Kier molecular flexibility index (Phi) is 63.9. The van der Waals surface area contributed by atoms with E-state index >= 15 is 0 Å². The molecule has 2 unspecified atom stereocenters. The Morgan fingerprint density at radius 1 is 0.360 bits per heavy atom. The number of amides is 1. The highest BCUT2D eigenvalue weighted by Gasteiger charge is 2.18. The number of nitrogens with one attached hydrogen (secondary N) is 1. The van der Waals surface area contributed by atoms with Gasteiger partial charge in [0.1, 0.15) is 0 Å². The Labute approximate surface area is 469 Å². The first-order chi connectivity index (χ1) is 37.0. The van der Waals surface area contributed by atoms with Crippen LogP contribution in [0.15, 0.2) is 12.2 Å². The van der Waals surface area contributed by atoms with Crippen molar-refractivity contribution in [2.75, 3.05) is 13.2 Å². The second-order valence-corrected chi connectivity index (χ2v) is 23.9. The summed E-state index contributed by atoms with van der Waals surface area (Å²) in [4.78, 5) is 24.5. The van der Waals surface area contributed by atoms with Gasteiger partial charge in [0.25, 0.3) is 0 Å². The standard InChI is InChI=1S/C69H135NO5/c1-3-5-7-9-11-13-15-16-17-18-32-35-38-42-45-49-53-57-61-67(72)66(65-71)70-68(73)62-58-54-50-46-43-39-36-33-30-28-26-24-22-20-19-21-23-25-27-29-31-34-37-40-44-48-52-56-60-64-75-69(74)63-59-55-51-47-41-14-12-10-8-6-4-2/h57,61,66-67,71-72H,3-56,58-60,62-65H2,1-2H3,(H,70,73)/b61-57+. The first-order valence-corrected chi connectivity index (χ1v) is 34.5. The molecule has 0 rings (SSSR count). The molecule has 0 heterocycles. The molecule has 0 aromatic heterocycles. The van der Waals surface area contributed by atoms with Crippen molar-refractivity contribution in [1.29, 1.82) is 0 Å². The van der Waals surface area contributed by atoms with Crippen LogP contribution in [0, 0.1) is 0 Å². The molecule has 0 radical (unpaired) electrons. The lowest BCUT2D eigenvalue weighted by molar-refractivity contribution is -0.143. The molecule has 0 aliphatic rings. The molecule has 0 aromatic carbocycles. The average molecular weight is 1060 g/mol. The van der Waals surface area contributed by atoms with Crippen LogP contribution in [0.5, 0.6) is 0 Å². The van der Waals surface area contributed by atoms with Gasteiger partial charge in [0.2, 0.25) is 5.91 Å². The molecule has 0 bridgehead atoms. The fourth-order valence-electron chi connectivity index (χ4n) is 11.1. The summed E-state index contributed by atoms with van der Waals surface area (Å²) in [6.45, 7) is 4.94. The molecule has 2 atom stereocenters. The molecule has 6 nitrogen and oxygen atoms in total. The molecule has 0 aromatic rings.